The third-order valence-corrected chi connectivity index (χ3v) is 9.43. The lowest BCUT2D eigenvalue weighted by Gasteiger charge is -2.44. The number of pyridine rings is 1. The summed E-state index contributed by atoms with van der Waals surface area (Å²) >= 11 is 4.33. The summed E-state index contributed by atoms with van der Waals surface area (Å²) in [5.74, 6) is -0.763. The predicted molar refractivity (Wildman–Crippen MR) is 145 cm³/mol. The average molecular weight is 626 g/mol. The van der Waals surface area contributed by atoms with Crippen LogP contribution < -0.4 is 10.6 Å². The number of carbonyl (C=O) groups excluding carboxylic acids is 1. The van der Waals surface area contributed by atoms with Crippen LogP contribution in [-0.2, 0) is 17.5 Å². The molecule has 0 unspecified atom stereocenters. The Labute approximate surface area is 234 Å². The van der Waals surface area contributed by atoms with Crippen LogP contribution in [-0.4, -0.2) is 56.3 Å². The van der Waals surface area contributed by atoms with Gasteiger partial charge in [-0.05, 0) is 54.1 Å². The van der Waals surface area contributed by atoms with Crippen molar-refractivity contribution in [3.05, 3.63) is 69.1 Å². The molecule has 7 nitrogen and oxygen atoms in total. The minimum absolute atomic E-state index is 0.0747. The molecule has 0 spiro atoms. The highest BCUT2D eigenvalue weighted by Gasteiger charge is 2.39. The summed E-state index contributed by atoms with van der Waals surface area (Å²) in [6.45, 7) is 7.83. The number of nitrogens with zero attached hydrogens (tertiary/aromatic N) is 5. The van der Waals surface area contributed by atoms with Crippen molar-refractivity contribution >= 4 is 50.3 Å². The van der Waals surface area contributed by atoms with Crippen LogP contribution in [0.5, 0.6) is 0 Å². The van der Waals surface area contributed by atoms with Crippen molar-refractivity contribution in [3.8, 4) is 0 Å². The summed E-state index contributed by atoms with van der Waals surface area (Å²) in [4.78, 5) is 38.1. The lowest BCUT2D eigenvalue weighted by atomic mass is 10.0. The van der Waals surface area contributed by atoms with Gasteiger partial charge in [0.15, 0.2) is 0 Å². The number of thioether (sulfide) groups is 1. The molecule has 13 heteroatoms. The Morgan fingerprint density at radius 2 is 1.90 bits per heavy atom. The van der Waals surface area contributed by atoms with E-state index in [9.17, 15) is 27.2 Å². The van der Waals surface area contributed by atoms with E-state index in [2.05, 4.69) is 32.5 Å². The Kier molecular flexibility index (Phi) is 7.25. The van der Waals surface area contributed by atoms with E-state index < -0.39 is 29.2 Å². The normalized spacial score (nSPS) is 21.7. The molecule has 0 N–H and O–H groups in total. The van der Waals surface area contributed by atoms with Gasteiger partial charge in [-0.1, -0.05) is 6.58 Å². The van der Waals surface area contributed by atoms with Gasteiger partial charge >= 0.3 is 11.9 Å². The van der Waals surface area contributed by atoms with E-state index in [4.69, 9.17) is 0 Å². The van der Waals surface area contributed by atoms with Crippen LogP contribution in [0.1, 0.15) is 31.0 Å². The molecule has 1 fully saturated rings. The first-order valence-corrected chi connectivity index (χ1v) is 14.0. The molecule has 0 bridgehead atoms. The van der Waals surface area contributed by atoms with Gasteiger partial charge < -0.3 is 9.80 Å². The van der Waals surface area contributed by atoms with Gasteiger partial charge in [-0.25, -0.2) is 9.18 Å². The minimum Gasteiger partial charge on any atom is -0.352 e. The smallest absolute Gasteiger partial charge is 0.352 e. The van der Waals surface area contributed by atoms with Crippen molar-refractivity contribution in [1.82, 2.24) is 19.4 Å². The van der Waals surface area contributed by atoms with Crippen LogP contribution in [0.15, 0.2) is 51.2 Å². The second kappa shape index (κ2) is 10.2. The number of anilines is 1. The van der Waals surface area contributed by atoms with Crippen LogP contribution in [0.3, 0.4) is 0 Å². The molecule has 1 aromatic carbocycles. The quantitative estimate of drug-likeness (QED) is 0.294. The first-order chi connectivity index (χ1) is 18.4. The molecule has 206 valence electrons. The lowest BCUT2D eigenvalue weighted by molar-refractivity contribution is -0.138. The SMILES string of the molecule is C=CC(=O)N1[C@H](C)CN(c2nc(=O)n3c4c(c(Br)c(C(F)(F)F)cc24)SC[C@@H](c2cc(F)ccn2)C3)C[C@@H]1C. The van der Waals surface area contributed by atoms with E-state index in [1.165, 1.54) is 29.0 Å². The van der Waals surface area contributed by atoms with Gasteiger partial charge in [0.1, 0.15) is 11.6 Å². The second-order valence-corrected chi connectivity index (χ2v) is 11.6. The fourth-order valence-electron chi connectivity index (χ4n) is 5.43. The third-order valence-electron chi connectivity index (χ3n) is 7.08. The van der Waals surface area contributed by atoms with Gasteiger partial charge in [0.05, 0.1) is 11.1 Å². The van der Waals surface area contributed by atoms with Crippen molar-refractivity contribution in [3.63, 3.8) is 0 Å². The summed E-state index contributed by atoms with van der Waals surface area (Å²) in [5, 5.41) is 0.184. The number of hydrogen-bond acceptors (Lipinski definition) is 6. The molecule has 0 aliphatic carbocycles. The van der Waals surface area contributed by atoms with Gasteiger partial charge in [0.25, 0.3) is 0 Å². The standard InChI is InChI=1S/C26H24BrF4N5O2S/c1-4-20(37)36-13(2)9-34(10-14(36)3)24-17-8-18(26(29,30)31)21(27)23-22(17)35(25(38)33-24)11-15(12-39-23)19-7-16(28)5-6-32-19/h4-8,13-15H,1,9-12H2,2-3H3/t13-,14+,15-/m0/s1. The van der Waals surface area contributed by atoms with Crippen LogP contribution in [0.25, 0.3) is 10.9 Å². The summed E-state index contributed by atoms with van der Waals surface area (Å²) in [6.07, 6.45) is -2.12. The van der Waals surface area contributed by atoms with Gasteiger partial charge in [-0.2, -0.15) is 18.2 Å². The van der Waals surface area contributed by atoms with Crippen LogP contribution in [0, 0.1) is 5.82 Å². The first-order valence-electron chi connectivity index (χ1n) is 12.2. The summed E-state index contributed by atoms with van der Waals surface area (Å²) in [6, 6.07) is 2.90. The molecule has 3 atom stereocenters. The van der Waals surface area contributed by atoms with Crippen molar-refractivity contribution < 1.29 is 22.4 Å². The van der Waals surface area contributed by atoms with Crippen molar-refractivity contribution in [2.45, 2.75) is 49.5 Å². The molecule has 4 heterocycles. The maximum Gasteiger partial charge on any atom is 0.417 e. The van der Waals surface area contributed by atoms with E-state index >= 15 is 0 Å². The molecule has 2 aliphatic heterocycles. The van der Waals surface area contributed by atoms with Crippen molar-refractivity contribution in [2.24, 2.45) is 0 Å². The number of hydrogen-bond donors (Lipinski definition) is 0. The highest BCUT2D eigenvalue weighted by molar-refractivity contribution is 9.10. The van der Waals surface area contributed by atoms with Crippen LogP contribution in [0.2, 0.25) is 0 Å². The van der Waals surface area contributed by atoms with E-state index in [1.54, 1.807) is 9.80 Å². The van der Waals surface area contributed by atoms with Crippen LogP contribution >= 0.6 is 27.7 Å². The molecule has 2 aliphatic rings. The molecule has 0 saturated carbocycles. The molecular formula is C26H24BrF4N5O2S. The molecule has 1 saturated heterocycles. The summed E-state index contributed by atoms with van der Waals surface area (Å²) in [7, 11) is 0. The molecule has 3 aromatic rings. The Bertz CT molecular complexity index is 1530. The molecule has 39 heavy (non-hydrogen) atoms. The van der Waals surface area contributed by atoms with Gasteiger partial charge in [-0.15, -0.1) is 11.8 Å². The minimum atomic E-state index is -4.67. The number of carbonyl (C=O) groups is 1. The fraction of sp³-hybridized carbons (Fsp3) is 0.385. The molecule has 1 amide bonds. The highest BCUT2D eigenvalue weighted by Crippen LogP contribution is 2.47. The maximum atomic E-state index is 14.2. The Morgan fingerprint density at radius 1 is 1.21 bits per heavy atom. The van der Waals surface area contributed by atoms with Gasteiger partial charge in [-0.3, -0.25) is 14.3 Å². The predicted octanol–water partition coefficient (Wildman–Crippen LogP) is 5.21. The largest absolute Gasteiger partial charge is 0.417 e. The Balaban J connectivity index is 1.70. The summed E-state index contributed by atoms with van der Waals surface area (Å²) in [5.41, 5.74) is -0.773. The third kappa shape index (κ3) is 4.94. The average Bonchev–Trinajstić information content (AvgIpc) is 3.07. The fourth-order valence-corrected chi connectivity index (χ4v) is 7.54. The Hall–Kier alpha value is -2.93. The molecule has 5 rings (SSSR count). The van der Waals surface area contributed by atoms with Crippen molar-refractivity contribution in [2.75, 3.05) is 23.7 Å². The highest BCUT2D eigenvalue weighted by atomic mass is 79.9. The second-order valence-electron chi connectivity index (χ2n) is 9.75. The first kappa shape index (κ1) is 27.6. The van der Waals surface area contributed by atoms with Gasteiger partial charge in [0.2, 0.25) is 5.91 Å². The van der Waals surface area contributed by atoms with E-state index in [-0.39, 0.29) is 64.0 Å². The van der Waals surface area contributed by atoms with E-state index in [0.717, 1.165) is 17.8 Å². The number of piperazine rings is 1. The number of rotatable bonds is 3. The zero-order chi connectivity index (χ0) is 28.2. The maximum absolute atomic E-state index is 14.2. The molecular weight excluding hydrogens is 602 g/mol. The molecule has 2 aromatic heterocycles. The lowest BCUT2D eigenvalue weighted by Crippen LogP contribution is -2.58. The molecule has 0 radical (unpaired) electrons. The summed E-state index contributed by atoms with van der Waals surface area (Å²) < 4.78 is 57.8. The van der Waals surface area contributed by atoms with Gasteiger partial charge in [0, 0.05) is 70.0 Å². The number of aromatic nitrogens is 3. The van der Waals surface area contributed by atoms with E-state index in [1.807, 2.05) is 13.8 Å². The monoisotopic (exact) mass is 625 g/mol. The number of amides is 1. The van der Waals surface area contributed by atoms with Crippen molar-refractivity contribution in [1.29, 1.82) is 0 Å². The van der Waals surface area contributed by atoms with E-state index in [0.29, 0.717) is 11.2 Å². The zero-order valence-electron chi connectivity index (χ0n) is 21.0. The number of alkyl halides is 3. The van der Waals surface area contributed by atoms with Crippen LogP contribution in [0.4, 0.5) is 23.4 Å². The number of halogens is 5. The Morgan fingerprint density at radius 3 is 2.51 bits per heavy atom. The zero-order valence-corrected chi connectivity index (χ0v) is 23.4. The topological polar surface area (TPSA) is 71.3 Å². The number of benzene rings is 1.